The fourth-order valence-electron chi connectivity index (χ4n) is 3.35. The van der Waals surface area contributed by atoms with E-state index in [2.05, 4.69) is 33.2 Å². The second kappa shape index (κ2) is 5.64. The summed E-state index contributed by atoms with van der Waals surface area (Å²) in [6.07, 6.45) is 5.98. The van der Waals surface area contributed by atoms with Crippen molar-refractivity contribution in [2.75, 3.05) is 6.54 Å². The molecule has 1 saturated carbocycles. The second-order valence-corrected chi connectivity index (χ2v) is 7.24. The number of hydrogen-bond acceptors (Lipinski definition) is 2. The lowest BCUT2D eigenvalue weighted by molar-refractivity contribution is 0.0852. The molecule has 1 atom stereocenters. The Balaban J connectivity index is 1.68. The monoisotopic (exact) mass is 384 g/mol. The Kier molecular flexibility index (Phi) is 4.04. The van der Waals surface area contributed by atoms with Crippen molar-refractivity contribution in [1.29, 1.82) is 0 Å². The lowest BCUT2D eigenvalue weighted by Gasteiger charge is -2.48. The number of piperidine rings is 1. The van der Waals surface area contributed by atoms with Crippen LogP contribution in [-0.2, 0) is 0 Å². The van der Waals surface area contributed by atoms with Gasteiger partial charge in [-0.15, -0.1) is 0 Å². The van der Waals surface area contributed by atoms with Crippen LogP contribution >= 0.6 is 22.6 Å². The van der Waals surface area contributed by atoms with Crippen LogP contribution < -0.4 is 10.6 Å². The first-order valence-electron chi connectivity index (χ1n) is 7.41. The molecule has 1 spiro atoms. The smallest absolute Gasteiger partial charge is 0.252 e. The SMILES string of the molecule is Cc1cccc(C(=O)NC2CCNC3(CCC3)C2)c1I. The average molecular weight is 384 g/mol. The molecule has 1 saturated heterocycles. The minimum atomic E-state index is 0.0828. The summed E-state index contributed by atoms with van der Waals surface area (Å²) in [4.78, 5) is 12.5. The van der Waals surface area contributed by atoms with E-state index in [9.17, 15) is 4.79 Å². The maximum Gasteiger partial charge on any atom is 0.252 e. The third-order valence-electron chi connectivity index (χ3n) is 4.71. The standard InChI is InChI=1S/C16H21IN2O/c1-11-4-2-5-13(14(11)17)15(20)19-12-6-9-18-16(10-12)7-3-8-16/h2,4-5,12,18H,3,6-10H2,1H3,(H,19,20). The summed E-state index contributed by atoms with van der Waals surface area (Å²) < 4.78 is 1.06. The normalized spacial score (nSPS) is 24.2. The molecular formula is C16H21IN2O. The molecule has 1 aliphatic heterocycles. The number of aryl methyl sites for hydroxylation is 1. The van der Waals surface area contributed by atoms with E-state index in [0.29, 0.717) is 11.6 Å². The molecule has 1 aromatic carbocycles. The molecule has 4 heteroatoms. The number of carbonyl (C=O) groups is 1. The summed E-state index contributed by atoms with van der Waals surface area (Å²) in [5, 5.41) is 6.89. The van der Waals surface area contributed by atoms with Gasteiger partial charge in [-0.3, -0.25) is 4.79 Å². The number of hydrogen-bond donors (Lipinski definition) is 2. The Morgan fingerprint density at radius 1 is 1.45 bits per heavy atom. The van der Waals surface area contributed by atoms with Gasteiger partial charge in [-0.2, -0.15) is 0 Å². The molecular weight excluding hydrogens is 363 g/mol. The summed E-state index contributed by atoms with van der Waals surface area (Å²) >= 11 is 2.27. The quantitative estimate of drug-likeness (QED) is 0.770. The first-order chi connectivity index (χ1) is 9.60. The maximum atomic E-state index is 12.5. The Morgan fingerprint density at radius 3 is 2.95 bits per heavy atom. The number of rotatable bonds is 2. The molecule has 108 valence electrons. The van der Waals surface area contributed by atoms with Crippen LogP contribution in [0.2, 0.25) is 0 Å². The van der Waals surface area contributed by atoms with Crippen LogP contribution in [0, 0.1) is 10.5 Å². The minimum absolute atomic E-state index is 0.0828. The van der Waals surface area contributed by atoms with Crippen LogP contribution in [0.5, 0.6) is 0 Å². The zero-order valence-corrected chi connectivity index (χ0v) is 14.0. The van der Waals surface area contributed by atoms with Crippen molar-refractivity contribution in [3.63, 3.8) is 0 Å². The fourth-order valence-corrected chi connectivity index (χ4v) is 3.96. The highest BCUT2D eigenvalue weighted by Crippen LogP contribution is 2.38. The summed E-state index contributed by atoms with van der Waals surface area (Å²) in [6.45, 7) is 3.07. The van der Waals surface area contributed by atoms with Crippen LogP contribution in [0.15, 0.2) is 18.2 Å². The molecule has 2 aliphatic rings. The molecule has 2 fully saturated rings. The number of amides is 1. The van der Waals surface area contributed by atoms with Gasteiger partial charge in [0.15, 0.2) is 0 Å². The molecule has 1 aliphatic carbocycles. The molecule has 0 bridgehead atoms. The Hall–Kier alpha value is -0.620. The molecule has 3 nitrogen and oxygen atoms in total. The predicted molar refractivity (Wildman–Crippen MR) is 89.0 cm³/mol. The third kappa shape index (κ3) is 2.72. The van der Waals surface area contributed by atoms with Gasteiger partial charge in [-0.25, -0.2) is 0 Å². The van der Waals surface area contributed by atoms with Gasteiger partial charge in [0.05, 0.1) is 5.56 Å². The summed E-state index contributed by atoms with van der Waals surface area (Å²) in [5.41, 5.74) is 2.31. The van der Waals surface area contributed by atoms with Crippen molar-refractivity contribution in [3.05, 3.63) is 32.9 Å². The van der Waals surface area contributed by atoms with Gasteiger partial charge in [-0.1, -0.05) is 12.1 Å². The molecule has 1 amide bonds. The van der Waals surface area contributed by atoms with Crippen molar-refractivity contribution < 1.29 is 4.79 Å². The molecule has 20 heavy (non-hydrogen) atoms. The van der Waals surface area contributed by atoms with E-state index >= 15 is 0 Å². The van der Waals surface area contributed by atoms with Crippen molar-refractivity contribution in [1.82, 2.24) is 10.6 Å². The highest BCUT2D eigenvalue weighted by Gasteiger charge is 2.41. The Morgan fingerprint density at radius 2 is 2.25 bits per heavy atom. The van der Waals surface area contributed by atoms with Gasteiger partial charge >= 0.3 is 0 Å². The van der Waals surface area contributed by atoms with Gasteiger partial charge in [0.1, 0.15) is 0 Å². The minimum Gasteiger partial charge on any atom is -0.349 e. The average Bonchev–Trinajstić information content (AvgIpc) is 2.40. The van der Waals surface area contributed by atoms with E-state index in [1.54, 1.807) is 0 Å². The topological polar surface area (TPSA) is 41.1 Å². The molecule has 0 aromatic heterocycles. The van der Waals surface area contributed by atoms with Crippen LogP contribution in [0.25, 0.3) is 0 Å². The number of halogens is 1. The number of benzene rings is 1. The first kappa shape index (κ1) is 14.3. The van der Waals surface area contributed by atoms with Crippen molar-refractivity contribution in [2.45, 2.75) is 50.6 Å². The summed E-state index contributed by atoms with van der Waals surface area (Å²) in [5.74, 6) is 0.0828. The largest absolute Gasteiger partial charge is 0.349 e. The van der Waals surface area contributed by atoms with E-state index in [4.69, 9.17) is 0 Å². The van der Waals surface area contributed by atoms with Gasteiger partial charge in [0, 0.05) is 15.2 Å². The van der Waals surface area contributed by atoms with E-state index in [1.165, 1.54) is 24.8 Å². The van der Waals surface area contributed by atoms with E-state index < -0.39 is 0 Å². The van der Waals surface area contributed by atoms with Crippen LogP contribution in [0.1, 0.15) is 48.0 Å². The highest BCUT2D eigenvalue weighted by molar-refractivity contribution is 14.1. The van der Waals surface area contributed by atoms with Crippen molar-refractivity contribution in [2.24, 2.45) is 0 Å². The Labute approximate surface area is 134 Å². The van der Waals surface area contributed by atoms with Crippen LogP contribution in [0.3, 0.4) is 0 Å². The number of nitrogens with one attached hydrogen (secondary N) is 2. The predicted octanol–water partition coefficient (Wildman–Crippen LogP) is 3.00. The summed E-state index contributed by atoms with van der Waals surface area (Å²) in [6, 6.07) is 6.25. The zero-order valence-electron chi connectivity index (χ0n) is 11.8. The van der Waals surface area contributed by atoms with Gasteiger partial charge in [0.2, 0.25) is 0 Å². The van der Waals surface area contributed by atoms with E-state index in [-0.39, 0.29) is 5.91 Å². The lowest BCUT2D eigenvalue weighted by Crippen LogP contribution is -2.59. The molecule has 0 radical (unpaired) electrons. The Bertz CT molecular complexity index is 525. The molecule has 1 aromatic rings. The van der Waals surface area contributed by atoms with E-state index in [1.807, 2.05) is 25.1 Å². The first-order valence-corrected chi connectivity index (χ1v) is 8.49. The molecule has 1 heterocycles. The number of carbonyl (C=O) groups excluding carboxylic acids is 1. The lowest BCUT2D eigenvalue weighted by atomic mass is 9.70. The zero-order chi connectivity index (χ0) is 14.2. The van der Waals surface area contributed by atoms with Crippen LogP contribution in [-0.4, -0.2) is 24.0 Å². The van der Waals surface area contributed by atoms with Crippen molar-refractivity contribution in [3.8, 4) is 0 Å². The van der Waals surface area contributed by atoms with E-state index in [0.717, 1.165) is 28.5 Å². The maximum absolute atomic E-state index is 12.5. The van der Waals surface area contributed by atoms with Gasteiger partial charge in [0.25, 0.3) is 5.91 Å². The van der Waals surface area contributed by atoms with Gasteiger partial charge < -0.3 is 10.6 Å². The molecule has 3 rings (SSSR count). The van der Waals surface area contributed by atoms with Crippen molar-refractivity contribution >= 4 is 28.5 Å². The molecule has 2 N–H and O–H groups in total. The highest BCUT2D eigenvalue weighted by atomic mass is 127. The third-order valence-corrected chi connectivity index (χ3v) is 6.14. The fraction of sp³-hybridized carbons (Fsp3) is 0.562. The summed E-state index contributed by atoms with van der Waals surface area (Å²) in [7, 11) is 0. The van der Waals surface area contributed by atoms with Crippen LogP contribution in [0.4, 0.5) is 0 Å². The van der Waals surface area contributed by atoms with Gasteiger partial charge in [-0.05, 0) is 79.8 Å². The molecule has 1 unspecified atom stereocenters. The second-order valence-electron chi connectivity index (χ2n) is 6.16.